The molecule has 19 heavy (non-hydrogen) atoms. The summed E-state index contributed by atoms with van der Waals surface area (Å²) in [5.74, 6) is 0.363. The Kier molecular flexibility index (Phi) is 3.96. The summed E-state index contributed by atoms with van der Waals surface area (Å²) in [6.07, 6.45) is 0. The highest BCUT2D eigenvalue weighted by Gasteiger charge is 2.15. The maximum atomic E-state index is 12.4. The standard InChI is InChI=1S/C13H16ClN3OS/c1-8-6-10(4-5-12(8)15)19(18)7-11-9(2)16-17(3)13(11)14/h4-6H,7,15H2,1-3H3. The third-order valence-corrected chi connectivity index (χ3v) is 4.85. The molecular weight excluding hydrogens is 282 g/mol. The third-order valence-electron chi connectivity index (χ3n) is 3.05. The molecule has 1 heterocycles. The Hall–Kier alpha value is -1.33. The largest absolute Gasteiger partial charge is 0.399 e. The molecule has 1 aromatic carbocycles. The summed E-state index contributed by atoms with van der Waals surface area (Å²) in [7, 11) is 0.619. The van der Waals surface area contributed by atoms with E-state index in [4.69, 9.17) is 17.3 Å². The molecule has 0 saturated heterocycles. The number of nitrogens with two attached hydrogens (primary N) is 1. The second-order valence-corrected chi connectivity index (χ2v) is 6.30. The molecule has 4 nitrogen and oxygen atoms in total. The molecular formula is C13H16ClN3OS. The van der Waals surface area contributed by atoms with Crippen LogP contribution in [0.1, 0.15) is 16.8 Å². The zero-order valence-electron chi connectivity index (χ0n) is 11.1. The Morgan fingerprint density at radius 3 is 2.63 bits per heavy atom. The molecule has 0 fully saturated rings. The van der Waals surface area contributed by atoms with Gasteiger partial charge in [0.1, 0.15) is 5.15 Å². The molecule has 1 atom stereocenters. The monoisotopic (exact) mass is 297 g/mol. The van der Waals surface area contributed by atoms with Crippen LogP contribution in [0, 0.1) is 13.8 Å². The first-order chi connectivity index (χ1) is 8.90. The van der Waals surface area contributed by atoms with E-state index in [1.807, 2.05) is 19.9 Å². The van der Waals surface area contributed by atoms with Crippen LogP contribution in [0.2, 0.25) is 5.15 Å². The third kappa shape index (κ3) is 2.82. The molecule has 0 amide bonds. The van der Waals surface area contributed by atoms with Gasteiger partial charge < -0.3 is 5.73 Å². The molecule has 0 aliphatic rings. The average Bonchev–Trinajstić information content (AvgIpc) is 2.59. The van der Waals surface area contributed by atoms with Gasteiger partial charge in [0.25, 0.3) is 0 Å². The molecule has 0 aliphatic heterocycles. The Balaban J connectivity index is 2.28. The van der Waals surface area contributed by atoms with E-state index >= 15 is 0 Å². The molecule has 0 bridgehead atoms. The summed E-state index contributed by atoms with van der Waals surface area (Å²) < 4.78 is 14.0. The van der Waals surface area contributed by atoms with E-state index in [-0.39, 0.29) is 0 Å². The molecule has 2 N–H and O–H groups in total. The molecule has 0 saturated carbocycles. The van der Waals surface area contributed by atoms with Gasteiger partial charge >= 0.3 is 0 Å². The number of rotatable bonds is 3. The average molecular weight is 298 g/mol. The second kappa shape index (κ2) is 5.35. The SMILES string of the molecule is Cc1cc(S(=O)Cc2c(C)nn(C)c2Cl)ccc1N. The summed E-state index contributed by atoms with van der Waals surface area (Å²) in [4.78, 5) is 0.756. The minimum absolute atomic E-state index is 0.363. The molecule has 1 aromatic heterocycles. The topological polar surface area (TPSA) is 60.9 Å². The minimum Gasteiger partial charge on any atom is -0.399 e. The minimum atomic E-state index is -1.15. The first-order valence-electron chi connectivity index (χ1n) is 5.82. The van der Waals surface area contributed by atoms with E-state index in [1.165, 1.54) is 0 Å². The predicted octanol–water partition coefficient (Wildman–Crippen LogP) is 2.58. The smallest absolute Gasteiger partial charge is 0.131 e. The summed E-state index contributed by atoms with van der Waals surface area (Å²) in [6, 6.07) is 5.42. The number of anilines is 1. The van der Waals surface area contributed by atoms with Gasteiger partial charge in [-0.15, -0.1) is 0 Å². The summed E-state index contributed by atoms with van der Waals surface area (Å²) >= 11 is 6.15. The van der Waals surface area contributed by atoms with Gasteiger partial charge in [-0.25, -0.2) is 0 Å². The Morgan fingerprint density at radius 2 is 2.11 bits per heavy atom. The van der Waals surface area contributed by atoms with E-state index < -0.39 is 10.8 Å². The van der Waals surface area contributed by atoms with Gasteiger partial charge in [-0.2, -0.15) is 5.10 Å². The van der Waals surface area contributed by atoms with E-state index in [0.29, 0.717) is 16.6 Å². The van der Waals surface area contributed by atoms with Crippen LogP contribution in [0.4, 0.5) is 5.69 Å². The van der Waals surface area contributed by atoms with Crippen LogP contribution in [0.25, 0.3) is 0 Å². The van der Waals surface area contributed by atoms with Gasteiger partial charge in [0.2, 0.25) is 0 Å². The van der Waals surface area contributed by atoms with Crippen molar-refractivity contribution in [3.05, 3.63) is 40.2 Å². The lowest BCUT2D eigenvalue weighted by molar-refractivity contribution is 0.682. The van der Waals surface area contributed by atoms with Crippen LogP contribution in [-0.4, -0.2) is 14.0 Å². The van der Waals surface area contributed by atoms with Crippen molar-refractivity contribution in [2.75, 3.05) is 5.73 Å². The maximum absolute atomic E-state index is 12.4. The maximum Gasteiger partial charge on any atom is 0.131 e. The summed E-state index contributed by atoms with van der Waals surface area (Å²) in [6.45, 7) is 3.77. The van der Waals surface area contributed by atoms with Crippen molar-refractivity contribution < 1.29 is 4.21 Å². The number of halogens is 1. The van der Waals surface area contributed by atoms with Gasteiger partial charge in [0.05, 0.1) is 22.2 Å². The summed E-state index contributed by atoms with van der Waals surface area (Å²) in [5.41, 5.74) is 9.04. The number of aromatic nitrogens is 2. The summed E-state index contributed by atoms with van der Waals surface area (Å²) in [5, 5.41) is 4.76. The zero-order valence-corrected chi connectivity index (χ0v) is 12.7. The van der Waals surface area contributed by atoms with Crippen LogP contribution < -0.4 is 5.73 Å². The highest BCUT2D eigenvalue weighted by Crippen LogP contribution is 2.23. The molecule has 2 aromatic rings. The molecule has 102 valence electrons. The molecule has 0 radical (unpaired) electrons. The van der Waals surface area contributed by atoms with Crippen LogP contribution >= 0.6 is 11.6 Å². The van der Waals surface area contributed by atoms with Gasteiger partial charge in [0, 0.05) is 23.2 Å². The van der Waals surface area contributed by atoms with Crippen LogP contribution in [0.5, 0.6) is 0 Å². The molecule has 6 heteroatoms. The van der Waals surface area contributed by atoms with Crippen molar-refractivity contribution in [1.82, 2.24) is 9.78 Å². The quantitative estimate of drug-likeness (QED) is 0.886. The predicted molar refractivity (Wildman–Crippen MR) is 78.7 cm³/mol. The van der Waals surface area contributed by atoms with Crippen molar-refractivity contribution in [2.45, 2.75) is 24.5 Å². The number of benzene rings is 1. The lowest BCUT2D eigenvalue weighted by atomic mass is 10.2. The van der Waals surface area contributed by atoms with E-state index in [9.17, 15) is 4.21 Å². The van der Waals surface area contributed by atoms with Gasteiger partial charge in [-0.3, -0.25) is 8.89 Å². The van der Waals surface area contributed by atoms with E-state index in [0.717, 1.165) is 21.7 Å². The Morgan fingerprint density at radius 1 is 1.42 bits per heavy atom. The number of nitrogens with zero attached hydrogens (tertiary/aromatic N) is 2. The van der Waals surface area contributed by atoms with Gasteiger partial charge in [-0.1, -0.05) is 11.6 Å². The van der Waals surface area contributed by atoms with Crippen molar-refractivity contribution in [3.8, 4) is 0 Å². The number of nitrogen functional groups attached to an aromatic ring is 1. The Labute approximate surface area is 120 Å². The lowest BCUT2D eigenvalue weighted by Crippen LogP contribution is -1.99. The highest BCUT2D eigenvalue weighted by atomic mass is 35.5. The number of hydrogen-bond donors (Lipinski definition) is 1. The van der Waals surface area contributed by atoms with E-state index in [1.54, 1.807) is 23.9 Å². The highest BCUT2D eigenvalue weighted by molar-refractivity contribution is 7.84. The normalized spacial score (nSPS) is 12.6. The van der Waals surface area contributed by atoms with Crippen molar-refractivity contribution in [1.29, 1.82) is 0 Å². The fourth-order valence-corrected chi connectivity index (χ4v) is 3.47. The van der Waals surface area contributed by atoms with Gasteiger partial charge in [-0.05, 0) is 37.6 Å². The van der Waals surface area contributed by atoms with Crippen LogP contribution in [0.3, 0.4) is 0 Å². The fourth-order valence-electron chi connectivity index (χ4n) is 1.84. The second-order valence-electron chi connectivity index (χ2n) is 4.49. The fraction of sp³-hybridized carbons (Fsp3) is 0.308. The molecule has 0 aliphatic carbocycles. The first-order valence-corrected chi connectivity index (χ1v) is 7.52. The number of aryl methyl sites for hydroxylation is 3. The Bertz CT molecular complexity index is 652. The zero-order chi connectivity index (χ0) is 14.2. The molecule has 2 rings (SSSR count). The van der Waals surface area contributed by atoms with Crippen molar-refractivity contribution in [3.63, 3.8) is 0 Å². The lowest BCUT2D eigenvalue weighted by Gasteiger charge is -2.05. The molecule has 0 spiro atoms. The van der Waals surface area contributed by atoms with Crippen molar-refractivity contribution in [2.24, 2.45) is 7.05 Å². The first kappa shape index (κ1) is 14.1. The molecule has 1 unspecified atom stereocenters. The van der Waals surface area contributed by atoms with Crippen LogP contribution in [-0.2, 0) is 23.6 Å². The van der Waals surface area contributed by atoms with Gasteiger partial charge in [0.15, 0.2) is 0 Å². The number of hydrogen-bond acceptors (Lipinski definition) is 3. The van der Waals surface area contributed by atoms with Crippen LogP contribution in [0.15, 0.2) is 23.1 Å². The van der Waals surface area contributed by atoms with E-state index in [2.05, 4.69) is 5.10 Å². The van der Waals surface area contributed by atoms with Crippen molar-refractivity contribution >= 4 is 28.1 Å².